The first-order valence-electron chi connectivity index (χ1n) is 5.31. The van der Waals surface area contributed by atoms with Gasteiger partial charge in [0.2, 0.25) is 0 Å². The van der Waals surface area contributed by atoms with Gasteiger partial charge in [0.25, 0.3) is 5.91 Å². The number of carbonyl (C=O) groups is 1. The molecule has 3 heteroatoms. The SMILES string of the molecule is Cc1ccc2c(c1)C1(C)NCCN1C2=O. The monoisotopic (exact) mass is 202 g/mol. The highest BCUT2D eigenvalue weighted by atomic mass is 16.2. The highest BCUT2D eigenvalue weighted by Crippen LogP contribution is 2.39. The van der Waals surface area contributed by atoms with E-state index >= 15 is 0 Å². The van der Waals surface area contributed by atoms with Crippen molar-refractivity contribution in [1.82, 2.24) is 10.2 Å². The molecule has 1 fully saturated rings. The molecule has 0 radical (unpaired) electrons. The molecule has 1 atom stereocenters. The van der Waals surface area contributed by atoms with Crippen LogP contribution in [0, 0.1) is 6.92 Å². The third-order valence-electron chi connectivity index (χ3n) is 3.52. The van der Waals surface area contributed by atoms with E-state index < -0.39 is 0 Å². The number of benzene rings is 1. The lowest BCUT2D eigenvalue weighted by molar-refractivity contribution is 0.0665. The normalized spacial score (nSPS) is 28.1. The molecule has 1 unspecified atom stereocenters. The summed E-state index contributed by atoms with van der Waals surface area (Å²) in [5, 5.41) is 3.41. The summed E-state index contributed by atoms with van der Waals surface area (Å²) < 4.78 is 0. The summed E-state index contributed by atoms with van der Waals surface area (Å²) in [6.45, 7) is 5.84. The predicted molar refractivity (Wildman–Crippen MR) is 57.6 cm³/mol. The van der Waals surface area contributed by atoms with E-state index in [-0.39, 0.29) is 11.6 Å². The van der Waals surface area contributed by atoms with Crippen molar-refractivity contribution >= 4 is 5.91 Å². The Hall–Kier alpha value is -1.35. The molecule has 78 valence electrons. The quantitative estimate of drug-likeness (QED) is 0.686. The lowest BCUT2D eigenvalue weighted by Crippen LogP contribution is -2.42. The number of amides is 1. The third-order valence-corrected chi connectivity index (χ3v) is 3.52. The van der Waals surface area contributed by atoms with Crippen molar-refractivity contribution < 1.29 is 4.79 Å². The summed E-state index contributed by atoms with van der Waals surface area (Å²) in [6, 6.07) is 6.06. The number of fused-ring (bicyclic) bond motifs is 3. The maximum absolute atomic E-state index is 12.1. The first-order valence-corrected chi connectivity index (χ1v) is 5.31. The third kappa shape index (κ3) is 0.960. The Kier molecular flexibility index (Phi) is 1.55. The van der Waals surface area contributed by atoms with Gasteiger partial charge >= 0.3 is 0 Å². The number of nitrogens with zero attached hydrogens (tertiary/aromatic N) is 1. The zero-order valence-corrected chi connectivity index (χ0v) is 9.00. The van der Waals surface area contributed by atoms with Crippen molar-refractivity contribution in [2.45, 2.75) is 19.5 Å². The van der Waals surface area contributed by atoms with Gasteiger partial charge < -0.3 is 4.90 Å². The molecule has 3 rings (SSSR count). The molecule has 0 spiro atoms. The Bertz CT molecular complexity index is 455. The number of hydrogen-bond acceptors (Lipinski definition) is 2. The molecular weight excluding hydrogens is 188 g/mol. The summed E-state index contributed by atoms with van der Waals surface area (Å²) in [5.74, 6) is 0.164. The molecule has 0 aliphatic carbocycles. The minimum absolute atomic E-state index is 0.164. The fraction of sp³-hybridized carbons (Fsp3) is 0.417. The minimum Gasteiger partial charge on any atom is -0.315 e. The predicted octanol–water partition coefficient (Wildman–Crippen LogP) is 1.23. The van der Waals surface area contributed by atoms with Crippen molar-refractivity contribution in [2.75, 3.05) is 13.1 Å². The number of carbonyl (C=O) groups excluding carboxylic acids is 1. The van der Waals surface area contributed by atoms with Crippen LogP contribution in [0.15, 0.2) is 18.2 Å². The standard InChI is InChI=1S/C12H14N2O/c1-8-3-4-9-10(7-8)12(2)13-5-6-14(12)11(9)15/h3-4,7,13H,5-6H2,1-2H3. The largest absolute Gasteiger partial charge is 0.315 e. The van der Waals surface area contributed by atoms with Crippen LogP contribution < -0.4 is 5.32 Å². The topological polar surface area (TPSA) is 32.3 Å². The molecule has 0 saturated carbocycles. The maximum Gasteiger partial charge on any atom is 0.256 e. The Labute approximate surface area is 89.1 Å². The van der Waals surface area contributed by atoms with Gasteiger partial charge in [0.05, 0.1) is 0 Å². The van der Waals surface area contributed by atoms with Gasteiger partial charge in [-0.05, 0) is 19.9 Å². The number of rotatable bonds is 0. The molecular formula is C12H14N2O. The van der Waals surface area contributed by atoms with Crippen molar-refractivity contribution in [1.29, 1.82) is 0 Å². The van der Waals surface area contributed by atoms with Gasteiger partial charge in [-0.2, -0.15) is 0 Å². The zero-order chi connectivity index (χ0) is 10.6. The molecule has 1 saturated heterocycles. The maximum atomic E-state index is 12.1. The van der Waals surface area contributed by atoms with Gasteiger partial charge in [-0.1, -0.05) is 17.7 Å². The van der Waals surface area contributed by atoms with E-state index in [1.807, 2.05) is 17.0 Å². The lowest BCUT2D eigenvalue weighted by Gasteiger charge is -2.28. The van der Waals surface area contributed by atoms with Gasteiger partial charge in [-0.15, -0.1) is 0 Å². The molecule has 3 nitrogen and oxygen atoms in total. The fourth-order valence-electron chi connectivity index (χ4n) is 2.67. The average Bonchev–Trinajstić information content (AvgIpc) is 2.67. The second-order valence-electron chi connectivity index (χ2n) is 4.50. The van der Waals surface area contributed by atoms with E-state index in [1.165, 1.54) is 5.56 Å². The number of nitrogens with one attached hydrogen (secondary N) is 1. The van der Waals surface area contributed by atoms with Crippen molar-refractivity contribution in [2.24, 2.45) is 0 Å². The van der Waals surface area contributed by atoms with Crippen molar-refractivity contribution in [3.63, 3.8) is 0 Å². The summed E-state index contributed by atoms with van der Waals surface area (Å²) in [6.07, 6.45) is 0. The number of aryl methyl sites for hydroxylation is 1. The molecule has 2 heterocycles. The van der Waals surface area contributed by atoms with E-state index in [0.29, 0.717) is 0 Å². The summed E-state index contributed by atoms with van der Waals surface area (Å²) >= 11 is 0. The Morgan fingerprint density at radius 1 is 1.47 bits per heavy atom. The van der Waals surface area contributed by atoms with Gasteiger partial charge in [0.15, 0.2) is 0 Å². The highest BCUT2D eigenvalue weighted by Gasteiger charge is 2.48. The molecule has 0 bridgehead atoms. The van der Waals surface area contributed by atoms with E-state index in [1.54, 1.807) is 0 Å². The smallest absolute Gasteiger partial charge is 0.256 e. The van der Waals surface area contributed by atoms with E-state index in [2.05, 4.69) is 25.2 Å². The van der Waals surface area contributed by atoms with E-state index in [0.717, 1.165) is 24.2 Å². The molecule has 0 aromatic heterocycles. The molecule has 1 aromatic rings. The Morgan fingerprint density at radius 2 is 2.27 bits per heavy atom. The summed E-state index contributed by atoms with van der Waals surface area (Å²) in [7, 11) is 0. The average molecular weight is 202 g/mol. The first kappa shape index (κ1) is 8.92. The highest BCUT2D eigenvalue weighted by molar-refractivity contribution is 6.00. The first-order chi connectivity index (χ1) is 7.13. The van der Waals surface area contributed by atoms with Crippen molar-refractivity contribution in [3.05, 3.63) is 34.9 Å². The van der Waals surface area contributed by atoms with Gasteiger partial charge in [-0.25, -0.2) is 0 Å². The Morgan fingerprint density at radius 3 is 3.07 bits per heavy atom. The van der Waals surface area contributed by atoms with Gasteiger partial charge in [-0.3, -0.25) is 10.1 Å². The van der Waals surface area contributed by atoms with E-state index in [9.17, 15) is 4.79 Å². The number of hydrogen-bond donors (Lipinski definition) is 1. The summed E-state index contributed by atoms with van der Waals surface area (Å²) in [5.41, 5.74) is 2.93. The second-order valence-corrected chi connectivity index (χ2v) is 4.50. The van der Waals surface area contributed by atoms with Crippen LogP contribution in [-0.4, -0.2) is 23.9 Å². The molecule has 2 aliphatic heterocycles. The van der Waals surface area contributed by atoms with Crippen LogP contribution in [0.5, 0.6) is 0 Å². The fourth-order valence-corrected chi connectivity index (χ4v) is 2.67. The van der Waals surface area contributed by atoms with Gasteiger partial charge in [0.1, 0.15) is 5.66 Å². The molecule has 15 heavy (non-hydrogen) atoms. The molecule has 1 aromatic carbocycles. The zero-order valence-electron chi connectivity index (χ0n) is 9.00. The van der Waals surface area contributed by atoms with Crippen LogP contribution in [0.3, 0.4) is 0 Å². The second kappa shape index (κ2) is 2.61. The van der Waals surface area contributed by atoms with Crippen molar-refractivity contribution in [3.8, 4) is 0 Å². The lowest BCUT2D eigenvalue weighted by atomic mass is 9.98. The van der Waals surface area contributed by atoms with Crippen LogP contribution in [0.4, 0.5) is 0 Å². The summed E-state index contributed by atoms with van der Waals surface area (Å²) in [4.78, 5) is 14.0. The van der Waals surface area contributed by atoms with Crippen LogP contribution in [0.2, 0.25) is 0 Å². The van der Waals surface area contributed by atoms with Gasteiger partial charge in [0, 0.05) is 24.2 Å². The van der Waals surface area contributed by atoms with Crippen LogP contribution >= 0.6 is 0 Å². The van der Waals surface area contributed by atoms with Crippen LogP contribution in [-0.2, 0) is 5.66 Å². The molecule has 1 N–H and O–H groups in total. The molecule has 2 aliphatic rings. The molecule has 1 amide bonds. The Balaban J connectivity index is 2.26. The van der Waals surface area contributed by atoms with Crippen LogP contribution in [0.1, 0.15) is 28.4 Å². The van der Waals surface area contributed by atoms with E-state index in [4.69, 9.17) is 0 Å². The minimum atomic E-state index is -0.265. The van der Waals surface area contributed by atoms with Crippen LogP contribution in [0.25, 0.3) is 0 Å².